The number of amides is 2. The van der Waals surface area contributed by atoms with Gasteiger partial charge in [0.05, 0.1) is 5.92 Å². The van der Waals surface area contributed by atoms with Gasteiger partial charge in [0.1, 0.15) is 0 Å². The Morgan fingerprint density at radius 1 is 1.22 bits per heavy atom. The lowest BCUT2D eigenvalue weighted by Gasteiger charge is -2.42. The molecule has 0 unspecified atom stereocenters. The van der Waals surface area contributed by atoms with Gasteiger partial charge in [0.2, 0.25) is 11.8 Å². The minimum Gasteiger partial charge on any atom is -0.352 e. The van der Waals surface area contributed by atoms with Crippen molar-refractivity contribution in [2.45, 2.75) is 44.7 Å². The Kier molecular flexibility index (Phi) is 7.18. The molecule has 7 heteroatoms. The number of carbonyl (C=O) groups is 2. The number of nitrogens with two attached hydrogens (primary N) is 1. The van der Waals surface area contributed by atoms with Crippen molar-refractivity contribution in [1.29, 1.82) is 0 Å². The van der Waals surface area contributed by atoms with Gasteiger partial charge in [0.25, 0.3) is 0 Å². The molecule has 2 fully saturated rings. The van der Waals surface area contributed by atoms with Gasteiger partial charge in [-0.2, -0.15) is 0 Å². The van der Waals surface area contributed by atoms with Crippen LogP contribution in [0.1, 0.15) is 37.7 Å². The average Bonchev–Trinajstić information content (AvgIpc) is 2.73. The third-order valence-electron chi connectivity index (χ3n) is 5.70. The van der Waals surface area contributed by atoms with Gasteiger partial charge in [-0.15, -0.1) is 0 Å². The molecule has 1 aromatic rings. The smallest absolute Gasteiger partial charge is 0.224 e. The molecule has 148 valence electrons. The van der Waals surface area contributed by atoms with Crippen LogP contribution in [0.5, 0.6) is 0 Å². The van der Waals surface area contributed by atoms with Gasteiger partial charge in [0, 0.05) is 57.6 Å². The lowest BCUT2D eigenvalue weighted by atomic mass is 9.93. The number of hydrogen-bond donors (Lipinski definition) is 2. The highest BCUT2D eigenvalue weighted by molar-refractivity contribution is 5.79. The van der Waals surface area contributed by atoms with Crippen LogP contribution in [0.15, 0.2) is 24.5 Å². The highest BCUT2D eigenvalue weighted by atomic mass is 16.2. The minimum atomic E-state index is 0.0484. The molecule has 3 heterocycles. The van der Waals surface area contributed by atoms with Crippen molar-refractivity contribution in [3.63, 3.8) is 0 Å². The van der Waals surface area contributed by atoms with Crippen molar-refractivity contribution >= 4 is 11.8 Å². The topological polar surface area (TPSA) is 91.6 Å². The van der Waals surface area contributed by atoms with Gasteiger partial charge in [-0.1, -0.05) is 6.07 Å². The number of hydrogen-bond acceptors (Lipinski definition) is 5. The monoisotopic (exact) mass is 373 g/mol. The lowest BCUT2D eigenvalue weighted by Crippen LogP contribution is -2.51. The molecule has 0 saturated carbocycles. The van der Waals surface area contributed by atoms with E-state index in [4.69, 9.17) is 5.73 Å². The molecule has 0 aromatic carbocycles. The summed E-state index contributed by atoms with van der Waals surface area (Å²) in [6, 6.07) is 4.33. The van der Waals surface area contributed by atoms with Crippen LogP contribution in [0.4, 0.5) is 0 Å². The largest absolute Gasteiger partial charge is 0.352 e. The van der Waals surface area contributed by atoms with Gasteiger partial charge >= 0.3 is 0 Å². The SMILES string of the molecule is NCCC(=O)N1CCC(N2CCC[C@@H](C(=O)NCc3cccnc3)C2)CC1. The van der Waals surface area contributed by atoms with Crippen molar-refractivity contribution < 1.29 is 9.59 Å². The van der Waals surface area contributed by atoms with Gasteiger partial charge in [0.15, 0.2) is 0 Å². The van der Waals surface area contributed by atoms with E-state index in [0.717, 1.165) is 57.4 Å². The number of likely N-dealkylation sites (tertiary alicyclic amines) is 2. The number of piperidine rings is 2. The molecule has 0 spiro atoms. The zero-order chi connectivity index (χ0) is 19.1. The maximum absolute atomic E-state index is 12.6. The summed E-state index contributed by atoms with van der Waals surface area (Å²) < 4.78 is 0. The first-order chi connectivity index (χ1) is 13.2. The van der Waals surface area contributed by atoms with E-state index < -0.39 is 0 Å². The molecule has 3 rings (SSSR count). The molecule has 1 aromatic heterocycles. The predicted octanol–water partition coefficient (Wildman–Crippen LogP) is 0.750. The van der Waals surface area contributed by atoms with Gasteiger partial charge < -0.3 is 16.0 Å². The summed E-state index contributed by atoms with van der Waals surface area (Å²) >= 11 is 0. The number of nitrogens with one attached hydrogen (secondary N) is 1. The summed E-state index contributed by atoms with van der Waals surface area (Å²) in [5, 5.41) is 3.06. The van der Waals surface area contributed by atoms with Crippen LogP contribution in [-0.4, -0.2) is 65.4 Å². The third kappa shape index (κ3) is 5.49. The van der Waals surface area contributed by atoms with Crippen LogP contribution >= 0.6 is 0 Å². The standard InChI is InChI=1S/C20H31N5O2/c21-8-5-19(26)24-11-6-18(7-12-24)25-10-2-4-17(15-25)20(27)23-14-16-3-1-9-22-13-16/h1,3,9,13,17-18H,2,4-8,10-12,14-15,21H2,(H,23,27)/t17-/m1/s1. The molecule has 27 heavy (non-hydrogen) atoms. The van der Waals surface area contributed by atoms with E-state index in [1.165, 1.54) is 0 Å². The van der Waals surface area contributed by atoms with Crippen molar-refractivity contribution in [3.05, 3.63) is 30.1 Å². The Morgan fingerprint density at radius 3 is 2.74 bits per heavy atom. The molecular weight excluding hydrogens is 342 g/mol. The summed E-state index contributed by atoms with van der Waals surface area (Å²) in [5.41, 5.74) is 6.51. The maximum atomic E-state index is 12.6. The molecule has 2 aliphatic heterocycles. The second kappa shape index (κ2) is 9.80. The second-order valence-corrected chi connectivity index (χ2v) is 7.56. The second-order valence-electron chi connectivity index (χ2n) is 7.56. The fourth-order valence-corrected chi connectivity index (χ4v) is 4.15. The van der Waals surface area contributed by atoms with Gasteiger partial charge in [-0.3, -0.25) is 19.5 Å². The molecule has 1 atom stereocenters. The van der Waals surface area contributed by atoms with E-state index in [-0.39, 0.29) is 17.7 Å². The Hall–Kier alpha value is -1.99. The molecule has 7 nitrogen and oxygen atoms in total. The van der Waals surface area contributed by atoms with E-state index in [9.17, 15) is 9.59 Å². The van der Waals surface area contributed by atoms with E-state index in [1.807, 2.05) is 17.0 Å². The van der Waals surface area contributed by atoms with Crippen LogP contribution in [0.25, 0.3) is 0 Å². The summed E-state index contributed by atoms with van der Waals surface area (Å²) in [5.74, 6) is 0.355. The first-order valence-corrected chi connectivity index (χ1v) is 10.1. The first-order valence-electron chi connectivity index (χ1n) is 10.1. The van der Waals surface area contributed by atoms with Gasteiger partial charge in [-0.05, 0) is 43.9 Å². The number of carbonyl (C=O) groups excluding carboxylic acids is 2. The predicted molar refractivity (Wildman–Crippen MR) is 104 cm³/mol. The normalized spacial score (nSPS) is 21.8. The van der Waals surface area contributed by atoms with Crippen LogP contribution in [0, 0.1) is 5.92 Å². The van der Waals surface area contributed by atoms with Crippen LogP contribution in [0.3, 0.4) is 0 Å². The zero-order valence-electron chi connectivity index (χ0n) is 16.0. The number of aromatic nitrogens is 1. The number of nitrogens with zero attached hydrogens (tertiary/aromatic N) is 3. The molecule has 3 N–H and O–H groups in total. The molecule has 0 radical (unpaired) electrons. The third-order valence-corrected chi connectivity index (χ3v) is 5.70. The zero-order valence-corrected chi connectivity index (χ0v) is 16.0. The summed E-state index contributed by atoms with van der Waals surface area (Å²) in [6.45, 7) is 4.43. The fraction of sp³-hybridized carbons (Fsp3) is 0.650. The van der Waals surface area contributed by atoms with Crippen LogP contribution in [0.2, 0.25) is 0 Å². The molecule has 0 bridgehead atoms. The van der Waals surface area contributed by atoms with Crippen molar-refractivity contribution in [3.8, 4) is 0 Å². The highest BCUT2D eigenvalue weighted by Crippen LogP contribution is 2.24. The number of rotatable bonds is 6. The van der Waals surface area contributed by atoms with E-state index in [0.29, 0.717) is 25.6 Å². The Morgan fingerprint density at radius 2 is 2.04 bits per heavy atom. The molecule has 0 aliphatic carbocycles. The Balaban J connectivity index is 1.45. The average molecular weight is 374 g/mol. The van der Waals surface area contributed by atoms with E-state index >= 15 is 0 Å². The van der Waals surface area contributed by atoms with Crippen LogP contribution < -0.4 is 11.1 Å². The van der Waals surface area contributed by atoms with Crippen molar-refractivity contribution in [2.75, 3.05) is 32.7 Å². The molecular formula is C20H31N5O2. The van der Waals surface area contributed by atoms with E-state index in [1.54, 1.807) is 12.4 Å². The van der Waals surface area contributed by atoms with Crippen molar-refractivity contribution in [2.24, 2.45) is 11.7 Å². The summed E-state index contributed by atoms with van der Waals surface area (Å²) in [4.78, 5) is 33.1. The molecule has 2 saturated heterocycles. The Bertz CT molecular complexity index is 616. The molecule has 2 aliphatic rings. The van der Waals surface area contributed by atoms with Gasteiger partial charge in [-0.25, -0.2) is 0 Å². The highest BCUT2D eigenvalue weighted by Gasteiger charge is 2.32. The van der Waals surface area contributed by atoms with Crippen LogP contribution in [-0.2, 0) is 16.1 Å². The quantitative estimate of drug-likeness (QED) is 0.768. The fourth-order valence-electron chi connectivity index (χ4n) is 4.15. The van der Waals surface area contributed by atoms with E-state index in [2.05, 4.69) is 15.2 Å². The maximum Gasteiger partial charge on any atom is 0.224 e. The minimum absolute atomic E-state index is 0.0484. The summed E-state index contributed by atoms with van der Waals surface area (Å²) in [6.07, 6.45) is 7.93. The Labute approximate surface area is 161 Å². The van der Waals surface area contributed by atoms with Crippen molar-refractivity contribution in [1.82, 2.24) is 20.1 Å². The molecule has 2 amide bonds. The number of pyridine rings is 1. The first kappa shape index (κ1) is 19.8. The lowest BCUT2D eigenvalue weighted by molar-refractivity contribution is -0.132. The summed E-state index contributed by atoms with van der Waals surface area (Å²) in [7, 11) is 0.